The predicted octanol–water partition coefficient (Wildman–Crippen LogP) is 4.30. The van der Waals surface area contributed by atoms with Crippen LogP contribution in [0.3, 0.4) is 0 Å². The van der Waals surface area contributed by atoms with Crippen molar-refractivity contribution in [2.75, 3.05) is 5.32 Å². The minimum atomic E-state index is 0.102. The molecule has 1 saturated carbocycles. The van der Waals surface area contributed by atoms with Crippen LogP contribution in [-0.4, -0.2) is 5.91 Å². The maximum atomic E-state index is 11.4. The fourth-order valence-corrected chi connectivity index (χ4v) is 5.20. The Morgan fingerprint density at radius 2 is 1.89 bits per heavy atom. The summed E-state index contributed by atoms with van der Waals surface area (Å²) in [6.45, 7) is 9.35. The van der Waals surface area contributed by atoms with Crippen LogP contribution in [0.25, 0.3) is 0 Å². The Kier molecular flexibility index (Phi) is 2.66. The first-order chi connectivity index (χ1) is 8.75. The molecule has 102 valence electrons. The minimum absolute atomic E-state index is 0.102. The molecule has 3 heteroatoms. The lowest BCUT2D eigenvalue weighted by Gasteiger charge is -2.13. The molecule has 0 bridgehead atoms. The van der Waals surface area contributed by atoms with Crippen molar-refractivity contribution >= 4 is 27.5 Å². The quantitative estimate of drug-likeness (QED) is 0.808. The third-order valence-corrected chi connectivity index (χ3v) is 6.56. The Morgan fingerprint density at radius 3 is 2.47 bits per heavy atom. The zero-order chi connectivity index (χ0) is 14.0. The Balaban J connectivity index is 1.89. The number of alkyl halides is 1. The van der Waals surface area contributed by atoms with E-state index < -0.39 is 0 Å². The van der Waals surface area contributed by atoms with Crippen molar-refractivity contribution < 1.29 is 4.79 Å². The van der Waals surface area contributed by atoms with Crippen molar-refractivity contribution in [1.82, 2.24) is 0 Å². The van der Waals surface area contributed by atoms with Crippen molar-refractivity contribution in [3.05, 3.63) is 29.3 Å². The summed E-state index contributed by atoms with van der Waals surface area (Å²) >= 11 is 3.88. The molecule has 0 saturated heterocycles. The maximum Gasteiger partial charge on any atom is 0.228 e. The van der Waals surface area contributed by atoms with Crippen LogP contribution in [0.2, 0.25) is 0 Å². The lowest BCUT2D eigenvalue weighted by Crippen LogP contribution is -2.03. The number of carbonyl (C=O) groups excluding carboxylic acids is 1. The topological polar surface area (TPSA) is 29.1 Å². The molecule has 1 aromatic carbocycles. The first-order valence-corrected chi connectivity index (χ1v) is 7.73. The van der Waals surface area contributed by atoms with E-state index in [0.29, 0.717) is 28.0 Å². The van der Waals surface area contributed by atoms with Gasteiger partial charge in [-0.2, -0.15) is 0 Å². The number of carbonyl (C=O) groups is 1. The van der Waals surface area contributed by atoms with Crippen molar-refractivity contribution in [2.24, 2.45) is 16.7 Å². The molecular formula is C16H20BrNO. The van der Waals surface area contributed by atoms with E-state index in [1.807, 2.05) is 6.07 Å². The second-order valence-electron chi connectivity index (χ2n) is 6.96. The van der Waals surface area contributed by atoms with E-state index in [1.165, 1.54) is 5.56 Å². The van der Waals surface area contributed by atoms with Gasteiger partial charge in [0.1, 0.15) is 0 Å². The maximum absolute atomic E-state index is 11.4. The van der Waals surface area contributed by atoms with Crippen molar-refractivity contribution in [2.45, 2.75) is 38.9 Å². The van der Waals surface area contributed by atoms with Gasteiger partial charge >= 0.3 is 0 Å². The number of amides is 1. The molecule has 0 aromatic heterocycles. The summed E-state index contributed by atoms with van der Waals surface area (Å²) in [6.07, 6.45) is 0.514. The van der Waals surface area contributed by atoms with Crippen LogP contribution in [0.4, 0.5) is 5.69 Å². The largest absolute Gasteiger partial charge is 0.326 e. The molecule has 1 unspecified atom stereocenters. The predicted molar refractivity (Wildman–Crippen MR) is 81.5 cm³/mol. The number of benzene rings is 1. The van der Waals surface area contributed by atoms with Crippen LogP contribution < -0.4 is 5.32 Å². The van der Waals surface area contributed by atoms with Gasteiger partial charge < -0.3 is 5.32 Å². The highest BCUT2D eigenvalue weighted by Gasteiger charge is 2.66. The molecule has 1 amide bonds. The highest BCUT2D eigenvalue weighted by molar-refractivity contribution is 9.09. The van der Waals surface area contributed by atoms with Crippen LogP contribution in [0, 0.1) is 16.7 Å². The van der Waals surface area contributed by atoms with Gasteiger partial charge in [-0.05, 0) is 33.9 Å². The summed E-state index contributed by atoms with van der Waals surface area (Å²) in [5.41, 5.74) is 4.10. The number of fused-ring (bicyclic) bond motifs is 1. The Morgan fingerprint density at radius 1 is 1.26 bits per heavy atom. The average molecular weight is 322 g/mol. The molecular weight excluding hydrogens is 302 g/mol. The fraction of sp³-hybridized carbons (Fsp3) is 0.562. The number of rotatable bonds is 2. The Hall–Kier alpha value is -0.830. The van der Waals surface area contributed by atoms with E-state index in [2.05, 4.69) is 61.1 Å². The van der Waals surface area contributed by atoms with Crippen molar-refractivity contribution in [3.63, 3.8) is 0 Å². The van der Waals surface area contributed by atoms with E-state index >= 15 is 0 Å². The standard InChI is InChI=1S/C16H20BrNO/c1-15(2)14(16(15,3)4)13(17)9-5-6-11-10(7-9)8-12(19)18-11/h5-7,13-14H,8H2,1-4H3,(H,18,19). The van der Waals surface area contributed by atoms with E-state index in [9.17, 15) is 4.79 Å². The first-order valence-electron chi connectivity index (χ1n) is 6.82. The number of hydrogen-bond acceptors (Lipinski definition) is 1. The summed E-state index contributed by atoms with van der Waals surface area (Å²) in [5.74, 6) is 0.730. The average Bonchev–Trinajstić information content (AvgIpc) is 2.58. The number of anilines is 1. The molecule has 1 atom stereocenters. The van der Waals surface area contributed by atoms with Gasteiger partial charge in [-0.3, -0.25) is 4.79 Å². The summed E-state index contributed by atoms with van der Waals surface area (Å²) in [4.78, 5) is 11.8. The van der Waals surface area contributed by atoms with Crippen LogP contribution >= 0.6 is 15.9 Å². The lowest BCUT2D eigenvalue weighted by molar-refractivity contribution is -0.115. The summed E-state index contributed by atoms with van der Waals surface area (Å²) in [7, 11) is 0. The monoisotopic (exact) mass is 321 g/mol. The molecule has 1 aromatic rings. The molecule has 1 aliphatic heterocycles. The normalized spacial score (nSPS) is 24.8. The summed E-state index contributed by atoms with van der Waals surface area (Å²) in [5, 5.41) is 2.89. The third kappa shape index (κ3) is 1.78. The van der Waals surface area contributed by atoms with Crippen molar-refractivity contribution in [3.8, 4) is 0 Å². The molecule has 1 heterocycles. The SMILES string of the molecule is CC1(C)C(C(Br)c2ccc3c(c2)CC(=O)N3)C1(C)C. The van der Waals surface area contributed by atoms with Gasteiger partial charge in [-0.15, -0.1) is 0 Å². The van der Waals surface area contributed by atoms with Gasteiger partial charge in [0.25, 0.3) is 0 Å². The summed E-state index contributed by atoms with van der Waals surface area (Å²) < 4.78 is 0. The number of hydrogen-bond donors (Lipinski definition) is 1. The highest BCUT2D eigenvalue weighted by atomic mass is 79.9. The Labute approximate surface area is 123 Å². The molecule has 1 aliphatic carbocycles. The van der Waals surface area contributed by atoms with Gasteiger partial charge in [-0.1, -0.05) is 55.8 Å². The molecule has 3 rings (SSSR count). The minimum Gasteiger partial charge on any atom is -0.326 e. The van der Waals surface area contributed by atoms with E-state index in [-0.39, 0.29) is 5.91 Å². The second kappa shape index (κ2) is 3.85. The van der Waals surface area contributed by atoms with E-state index in [1.54, 1.807) is 0 Å². The zero-order valence-corrected chi connectivity index (χ0v) is 13.5. The molecule has 1 fully saturated rings. The zero-order valence-electron chi connectivity index (χ0n) is 11.9. The number of halogens is 1. The van der Waals surface area contributed by atoms with Gasteiger partial charge in [0.05, 0.1) is 6.42 Å². The third-order valence-electron chi connectivity index (χ3n) is 5.50. The molecule has 2 aliphatic rings. The fourth-order valence-electron chi connectivity index (χ4n) is 3.59. The van der Waals surface area contributed by atoms with Crippen LogP contribution in [0.1, 0.15) is 43.6 Å². The highest BCUT2D eigenvalue weighted by Crippen LogP contribution is 2.73. The molecule has 0 radical (unpaired) electrons. The smallest absolute Gasteiger partial charge is 0.228 e. The van der Waals surface area contributed by atoms with E-state index in [4.69, 9.17) is 0 Å². The van der Waals surface area contributed by atoms with E-state index in [0.717, 1.165) is 11.3 Å². The molecule has 1 N–H and O–H groups in total. The van der Waals surface area contributed by atoms with Gasteiger partial charge in [0.15, 0.2) is 0 Å². The van der Waals surface area contributed by atoms with Crippen LogP contribution in [0.5, 0.6) is 0 Å². The lowest BCUT2D eigenvalue weighted by atomic mass is 10.00. The van der Waals surface area contributed by atoms with Gasteiger partial charge in [0.2, 0.25) is 5.91 Å². The molecule has 2 nitrogen and oxygen atoms in total. The van der Waals surface area contributed by atoms with Crippen LogP contribution in [0.15, 0.2) is 18.2 Å². The van der Waals surface area contributed by atoms with Crippen molar-refractivity contribution in [1.29, 1.82) is 0 Å². The first kappa shape index (κ1) is 13.2. The van der Waals surface area contributed by atoms with Gasteiger partial charge in [-0.25, -0.2) is 0 Å². The van der Waals surface area contributed by atoms with Crippen LogP contribution in [-0.2, 0) is 11.2 Å². The Bertz CT molecular complexity index is 548. The number of nitrogens with one attached hydrogen (secondary N) is 1. The second-order valence-corrected chi connectivity index (χ2v) is 7.95. The summed E-state index contributed by atoms with van der Waals surface area (Å²) in [6, 6.07) is 6.34. The van der Waals surface area contributed by atoms with Gasteiger partial charge in [0, 0.05) is 10.5 Å². The molecule has 19 heavy (non-hydrogen) atoms. The molecule has 0 spiro atoms.